The van der Waals surface area contributed by atoms with E-state index in [4.69, 9.17) is 5.73 Å². The Bertz CT molecular complexity index is 461. The van der Waals surface area contributed by atoms with Crippen LogP contribution >= 0.6 is 0 Å². The Labute approximate surface area is 113 Å². The van der Waals surface area contributed by atoms with Crippen LogP contribution in [0.25, 0.3) is 0 Å². The number of halogens is 1. The summed E-state index contributed by atoms with van der Waals surface area (Å²) in [4.78, 5) is 14.5. The Balaban J connectivity index is 2.22. The Morgan fingerprint density at radius 1 is 1.42 bits per heavy atom. The molecule has 0 bridgehead atoms. The van der Waals surface area contributed by atoms with E-state index in [2.05, 4.69) is 6.92 Å². The smallest absolute Gasteiger partial charge is 0.254 e. The number of nitrogen functional groups attached to an aromatic ring is 1. The third kappa shape index (κ3) is 3.06. The lowest BCUT2D eigenvalue weighted by atomic mass is 10.1. The van der Waals surface area contributed by atoms with Crippen LogP contribution in [0.1, 0.15) is 49.4 Å². The van der Waals surface area contributed by atoms with Crippen molar-refractivity contribution in [1.29, 1.82) is 0 Å². The van der Waals surface area contributed by atoms with Gasteiger partial charge in [0.2, 0.25) is 0 Å². The number of likely N-dealkylation sites (tertiary alicyclic amines) is 1. The van der Waals surface area contributed by atoms with Crippen LogP contribution in [-0.4, -0.2) is 23.4 Å². The van der Waals surface area contributed by atoms with Gasteiger partial charge in [-0.25, -0.2) is 4.39 Å². The fraction of sp³-hybridized carbons (Fsp3) is 0.533. The van der Waals surface area contributed by atoms with Gasteiger partial charge in [-0.1, -0.05) is 19.8 Å². The van der Waals surface area contributed by atoms with Gasteiger partial charge in [0.1, 0.15) is 5.82 Å². The van der Waals surface area contributed by atoms with Crippen molar-refractivity contribution >= 4 is 11.6 Å². The number of rotatable bonds is 2. The third-order valence-electron chi connectivity index (χ3n) is 3.85. The highest BCUT2D eigenvalue weighted by molar-refractivity contribution is 5.95. The maximum atomic E-state index is 13.2. The molecule has 1 heterocycles. The number of hydrogen-bond acceptors (Lipinski definition) is 2. The lowest BCUT2D eigenvalue weighted by Gasteiger charge is -2.29. The van der Waals surface area contributed by atoms with Gasteiger partial charge in [0.25, 0.3) is 5.91 Å². The Hall–Kier alpha value is -1.58. The molecule has 1 unspecified atom stereocenters. The minimum Gasteiger partial charge on any atom is -0.396 e. The van der Waals surface area contributed by atoms with Crippen LogP contribution in [-0.2, 0) is 0 Å². The normalized spacial score (nSPS) is 20.1. The van der Waals surface area contributed by atoms with E-state index in [1.165, 1.54) is 31.0 Å². The average Bonchev–Trinajstić information content (AvgIpc) is 2.66. The predicted molar refractivity (Wildman–Crippen MR) is 74.4 cm³/mol. The number of hydrogen-bond donors (Lipinski definition) is 1. The summed E-state index contributed by atoms with van der Waals surface area (Å²) in [6, 6.07) is 4.52. The molecule has 2 N–H and O–H groups in total. The van der Waals surface area contributed by atoms with Gasteiger partial charge in [-0.15, -0.1) is 0 Å². The molecule has 1 aromatic carbocycles. The van der Waals surface area contributed by atoms with Crippen molar-refractivity contribution in [2.75, 3.05) is 12.3 Å². The molecule has 0 aliphatic carbocycles. The fourth-order valence-corrected chi connectivity index (χ4v) is 2.71. The highest BCUT2D eigenvalue weighted by Gasteiger charge is 2.25. The van der Waals surface area contributed by atoms with Crippen LogP contribution in [0, 0.1) is 5.82 Å². The van der Waals surface area contributed by atoms with E-state index in [9.17, 15) is 9.18 Å². The van der Waals surface area contributed by atoms with Crippen LogP contribution in [0.2, 0.25) is 0 Å². The Morgan fingerprint density at radius 3 is 2.89 bits per heavy atom. The Kier molecular flexibility index (Phi) is 4.40. The zero-order valence-corrected chi connectivity index (χ0v) is 11.4. The molecule has 4 heteroatoms. The monoisotopic (exact) mass is 264 g/mol. The Morgan fingerprint density at radius 2 is 2.21 bits per heavy atom. The molecule has 1 amide bonds. The number of anilines is 1. The number of benzene rings is 1. The van der Waals surface area contributed by atoms with Gasteiger partial charge in [0, 0.05) is 18.2 Å². The van der Waals surface area contributed by atoms with E-state index in [1.807, 2.05) is 4.90 Å². The topological polar surface area (TPSA) is 46.3 Å². The molecule has 0 spiro atoms. The standard InChI is InChI=1S/C15H21FN2O/c1-2-12-6-4-3-5-9-18(12)15(19)11-7-8-13(16)14(17)10-11/h7-8,10,12H,2-6,9,17H2,1H3. The average molecular weight is 264 g/mol. The van der Waals surface area contributed by atoms with Gasteiger partial charge in [0.15, 0.2) is 0 Å². The number of nitrogens with two attached hydrogens (primary N) is 1. The molecule has 1 fully saturated rings. The number of carbonyl (C=O) groups excluding carboxylic acids is 1. The number of amides is 1. The molecule has 1 atom stereocenters. The van der Waals surface area contributed by atoms with E-state index in [0.29, 0.717) is 11.6 Å². The second kappa shape index (κ2) is 6.04. The van der Waals surface area contributed by atoms with Gasteiger partial charge in [-0.2, -0.15) is 0 Å². The van der Waals surface area contributed by atoms with Gasteiger partial charge >= 0.3 is 0 Å². The number of carbonyl (C=O) groups is 1. The summed E-state index contributed by atoms with van der Waals surface area (Å²) >= 11 is 0. The van der Waals surface area contributed by atoms with E-state index in [0.717, 1.165) is 25.8 Å². The van der Waals surface area contributed by atoms with Gasteiger partial charge in [0.05, 0.1) is 5.69 Å². The summed E-state index contributed by atoms with van der Waals surface area (Å²) < 4.78 is 13.2. The van der Waals surface area contributed by atoms with Crippen LogP contribution in [0.4, 0.5) is 10.1 Å². The van der Waals surface area contributed by atoms with Crippen molar-refractivity contribution in [2.24, 2.45) is 0 Å². The molecule has 2 rings (SSSR count). The van der Waals surface area contributed by atoms with Crippen LogP contribution < -0.4 is 5.73 Å². The quantitative estimate of drug-likeness (QED) is 0.834. The van der Waals surface area contributed by atoms with Gasteiger partial charge < -0.3 is 10.6 Å². The van der Waals surface area contributed by atoms with Crippen molar-refractivity contribution in [3.05, 3.63) is 29.6 Å². The molecule has 104 valence electrons. The van der Waals surface area contributed by atoms with Crippen molar-refractivity contribution < 1.29 is 9.18 Å². The first-order valence-electron chi connectivity index (χ1n) is 6.99. The number of nitrogens with zero attached hydrogens (tertiary/aromatic N) is 1. The highest BCUT2D eigenvalue weighted by atomic mass is 19.1. The third-order valence-corrected chi connectivity index (χ3v) is 3.85. The summed E-state index contributed by atoms with van der Waals surface area (Å²) in [7, 11) is 0. The largest absolute Gasteiger partial charge is 0.396 e. The minimum absolute atomic E-state index is 0.0274. The molecule has 3 nitrogen and oxygen atoms in total. The second-order valence-electron chi connectivity index (χ2n) is 5.15. The summed E-state index contributed by atoms with van der Waals surface area (Å²) in [5.41, 5.74) is 6.06. The van der Waals surface area contributed by atoms with Gasteiger partial charge in [-0.3, -0.25) is 4.79 Å². The zero-order chi connectivity index (χ0) is 13.8. The molecule has 1 aliphatic heterocycles. The lowest BCUT2D eigenvalue weighted by Crippen LogP contribution is -2.39. The summed E-state index contributed by atoms with van der Waals surface area (Å²) in [6.07, 6.45) is 5.40. The van der Waals surface area contributed by atoms with E-state index in [-0.39, 0.29) is 11.6 Å². The molecule has 0 saturated carbocycles. The maximum Gasteiger partial charge on any atom is 0.254 e. The van der Waals surface area contributed by atoms with Crippen molar-refractivity contribution in [2.45, 2.75) is 45.1 Å². The molecular weight excluding hydrogens is 243 g/mol. The van der Waals surface area contributed by atoms with Gasteiger partial charge in [-0.05, 0) is 37.5 Å². The molecular formula is C15H21FN2O. The first kappa shape index (κ1) is 13.8. The fourth-order valence-electron chi connectivity index (χ4n) is 2.71. The minimum atomic E-state index is -0.473. The van der Waals surface area contributed by atoms with E-state index >= 15 is 0 Å². The summed E-state index contributed by atoms with van der Waals surface area (Å²) in [5, 5.41) is 0. The van der Waals surface area contributed by atoms with Crippen molar-refractivity contribution in [1.82, 2.24) is 4.90 Å². The van der Waals surface area contributed by atoms with Crippen LogP contribution in [0.3, 0.4) is 0 Å². The zero-order valence-electron chi connectivity index (χ0n) is 11.4. The van der Waals surface area contributed by atoms with Crippen LogP contribution in [0.5, 0.6) is 0 Å². The maximum absolute atomic E-state index is 13.2. The van der Waals surface area contributed by atoms with E-state index in [1.54, 1.807) is 0 Å². The van der Waals surface area contributed by atoms with Crippen LogP contribution in [0.15, 0.2) is 18.2 Å². The molecule has 0 aromatic heterocycles. The van der Waals surface area contributed by atoms with Crippen molar-refractivity contribution in [3.8, 4) is 0 Å². The molecule has 1 saturated heterocycles. The van der Waals surface area contributed by atoms with Crippen molar-refractivity contribution in [3.63, 3.8) is 0 Å². The molecule has 0 radical (unpaired) electrons. The first-order valence-corrected chi connectivity index (χ1v) is 6.99. The molecule has 1 aliphatic rings. The van der Waals surface area contributed by atoms with E-state index < -0.39 is 5.82 Å². The molecule has 19 heavy (non-hydrogen) atoms. The highest BCUT2D eigenvalue weighted by Crippen LogP contribution is 2.22. The summed E-state index contributed by atoms with van der Waals surface area (Å²) in [5.74, 6) is -0.500. The molecule has 1 aromatic rings. The summed E-state index contributed by atoms with van der Waals surface area (Å²) in [6.45, 7) is 2.89. The lowest BCUT2D eigenvalue weighted by molar-refractivity contribution is 0.0678. The first-order chi connectivity index (χ1) is 9.13. The second-order valence-corrected chi connectivity index (χ2v) is 5.15. The SMILES string of the molecule is CCC1CCCCCN1C(=O)c1ccc(F)c(N)c1. The predicted octanol–water partition coefficient (Wildman–Crippen LogP) is 3.20.